The van der Waals surface area contributed by atoms with E-state index in [0.717, 1.165) is 0 Å². The van der Waals surface area contributed by atoms with Crippen LogP contribution in [0.4, 0.5) is 0 Å². The quantitative estimate of drug-likeness (QED) is 0.755. The summed E-state index contributed by atoms with van der Waals surface area (Å²) in [5.41, 5.74) is 0. The van der Waals surface area contributed by atoms with Crippen LogP contribution in [-0.4, -0.2) is 31.3 Å². The average Bonchev–Trinajstić information content (AvgIpc) is 2.48. The van der Waals surface area contributed by atoms with Crippen LogP contribution in [0.1, 0.15) is 33.1 Å². The Kier molecular flexibility index (Phi) is 4.32. The highest BCUT2D eigenvalue weighted by Crippen LogP contribution is 2.26. The molecule has 0 aliphatic heterocycles. The first-order valence-electron chi connectivity index (χ1n) is 5.53. The van der Waals surface area contributed by atoms with E-state index in [1.165, 1.54) is 0 Å². The van der Waals surface area contributed by atoms with Crippen LogP contribution in [0.5, 0.6) is 0 Å². The molecule has 5 nitrogen and oxygen atoms in total. The van der Waals surface area contributed by atoms with Crippen molar-refractivity contribution in [1.82, 2.24) is 4.72 Å². The van der Waals surface area contributed by atoms with Crippen molar-refractivity contribution in [2.24, 2.45) is 11.8 Å². The number of rotatable bonds is 5. The zero-order chi connectivity index (χ0) is 12.3. The van der Waals surface area contributed by atoms with E-state index in [1.807, 2.05) is 13.8 Å². The van der Waals surface area contributed by atoms with E-state index in [2.05, 4.69) is 4.72 Å². The van der Waals surface area contributed by atoms with Gasteiger partial charge in [-0.2, -0.15) is 0 Å². The molecule has 1 saturated carbocycles. The molecule has 0 spiro atoms. The SMILES string of the molecule is CC(C)CS(=O)(=O)N[C@H]1CC[C@@H](C(=O)O)C1. The van der Waals surface area contributed by atoms with Gasteiger partial charge in [-0.25, -0.2) is 13.1 Å². The van der Waals surface area contributed by atoms with Crippen molar-refractivity contribution >= 4 is 16.0 Å². The summed E-state index contributed by atoms with van der Waals surface area (Å²) in [6.07, 6.45) is 1.59. The molecular weight excluding hydrogens is 230 g/mol. The lowest BCUT2D eigenvalue weighted by molar-refractivity contribution is -0.141. The number of carbonyl (C=O) groups is 1. The molecule has 1 aliphatic carbocycles. The Morgan fingerprint density at radius 1 is 1.44 bits per heavy atom. The van der Waals surface area contributed by atoms with E-state index in [1.54, 1.807) is 0 Å². The summed E-state index contributed by atoms with van der Waals surface area (Å²) in [4.78, 5) is 10.7. The molecule has 0 aromatic heterocycles. The van der Waals surface area contributed by atoms with Gasteiger partial charge in [-0.3, -0.25) is 4.79 Å². The summed E-state index contributed by atoms with van der Waals surface area (Å²) in [6, 6.07) is -0.204. The van der Waals surface area contributed by atoms with E-state index in [-0.39, 0.29) is 17.7 Å². The molecule has 0 saturated heterocycles. The Hall–Kier alpha value is -0.620. The summed E-state index contributed by atoms with van der Waals surface area (Å²) >= 11 is 0. The maximum Gasteiger partial charge on any atom is 0.306 e. The molecule has 16 heavy (non-hydrogen) atoms. The number of aliphatic carboxylic acids is 1. The first-order valence-corrected chi connectivity index (χ1v) is 7.18. The van der Waals surface area contributed by atoms with E-state index in [0.29, 0.717) is 19.3 Å². The first kappa shape index (κ1) is 13.4. The number of carboxylic acids is 1. The highest BCUT2D eigenvalue weighted by atomic mass is 32.2. The van der Waals surface area contributed by atoms with Crippen LogP contribution in [0.25, 0.3) is 0 Å². The first-order chi connectivity index (χ1) is 7.30. The summed E-state index contributed by atoms with van der Waals surface area (Å²) in [5.74, 6) is -1.05. The Morgan fingerprint density at radius 2 is 2.06 bits per heavy atom. The lowest BCUT2D eigenvalue weighted by atomic mass is 10.1. The maximum atomic E-state index is 11.6. The summed E-state index contributed by atoms with van der Waals surface area (Å²) in [5, 5.41) is 8.80. The number of hydrogen-bond acceptors (Lipinski definition) is 3. The molecule has 6 heteroatoms. The van der Waals surface area contributed by atoms with Crippen molar-refractivity contribution < 1.29 is 18.3 Å². The van der Waals surface area contributed by atoms with Crippen LogP contribution in [-0.2, 0) is 14.8 Å². The molecular formula is C10H19NO4S. The van der Waals surface area contributed by atoms with Crippen molar-refractivity contribution in [2.45, 2.75) is 39.2 Å². The topological polar surface area (TPSA) is 83.5 Å². The van der Waals surface area contributed by atoms with Gasteiger partial charge < -0.3 is 5.11 Å². The minimum absolute atomic E-state index is 0.0779. The minimum atomic E-state index is -3.26. The van der Waals surface area contributed by atoms with Crippen LogP contribution in [0.3, 0.4) is 0 Å². The predicted octanol–water partition coefficient (Wildman–Crippen LogP) is 0.815. The lowest BCUT2D eigenvalue weighted by Gasteiger charge is -2.14. The van der Waals surface area contributed by atoms with E-state index in [4.69, 9.17) is 5.11 Å². The number of sulfonamides is 1. The zero-order valence-corrected chi connectivity index (χ0v) is 10.5. The fourth-order valence-corrected chi connectivity index (χ4v) is 3.75. The normalized spacial score (nSPS) is 26.2. The molecule has 2 atom stereocenters. The second kappa shape index (κ2) is 5.14. The van der Waals surface area contributed by atoms with Gasteiger partial charge in [0, 0.05) is 6.04 Å². The monoisotopic (exact) mass is 249 g/mol. The fourth-order valence-electron chi connectivity index (χ4n) is 2.05. The highest BCUT2D eigenvalue weighted by Gasteiger charge is 2.32. The molecule has 0 heterocycles. The second-order valence-corrected chi connectivity index (χ2v) is 6.64. The number of nitrogens with one attached hydrogen (secondary N) is 1. The Bertz CT molecular complexity index is 350. The largest absolute Gasteiger partial charge is 0.481 e. The van der Waals surface area contributed by atoms with Crippen molar-refractivity contribution in [3.63, 3.8) is 0 Å². The molecule has 1 aliphatic rings. The Morgan fingerprint density at radius 3 is 2.50 bits per heavy atom. The van der Waals surface area contributed by atoms with Crippen LogP contribution >= 0.6 is 0 Å². The Labute approximate surface area is 96.3 Å². The summed E-state index contributed by atoms with van der Waals surface area (Å²) in [6.45, 7) is 3.68. The average molecular weight is 249 g/mol. The fraction of sp³-hybridized carbons (Fsp3) is 0.900. The minimum Gasteiger partial charge on any atom is -0.481 e. The van der Waals surface area contributed by atoms with Gasteiger partial charge in [0.25, 0.3) is 0 Å². The molecule has 94 valence electrons. The molecule has 1 rings (SSSR count). The molecule has 0 radical (unpaired) electrons. The van der Waals surface area contributed by atoms with Crippen LogP contribution in [0.2, 0.25) is 0 Å². The van der Waals surface area contributed by atoms with E-state index in [9.17, 15) is 13.2 Å². The van der Waals surface area contributed by atoms with Gasteiger partial charge in [-0.15, -0.1) is 0 Å². The Balaban J connectivity index is 2.48. The van der Waals surface area contributed by atoms with Gasteiger partial charge in [0.05, 0.1) is 11.7 Å². The van der Waals surface area contributed by atoms with Crippen molar-refractivity contribution in [3.8, 4) is 0 Å². The van der Waals surface area contributed by atoms with Crippen LogP contribution < -0.4 is 4.72 Å². The van der Waals surface area contributed by atoms with Gasteiger partial charge in [-0.1, -0.05) is 13.8 Å². The standard InChI is InChI=1S/C10H19NO4S/c1-7(2)6-16(14,15)11-9-4-3-8(5-9)10(12)13/h7-9,11H,3-6H2,1-2H3,(H,12,13)/t8-,9+/m1/s1. The van der Waals surface area contributed by atoms with Crippen molar-refractivity contribution in [3.05, 3.63) is 0 Å². The van der Waals surface area contributed by atoms with Crippen molar-refractivity contribution in [1.29, 1.82) is 0 Å². The summed E-state index contributed by atoms with van der Waals surface area (Å²) in [7, 11) is -3.26. The van der Waals surface area contributed by atoms with Gasteiger partial charge in [-0.05, 0) is 25.2 Å². The maximum absolute atomic E-state index is 11.6. The molecule has 0 bridgehead atoms. The van der Waals surface area contributed by atoms with E-state index < -0.39 is 21.9 Å². The third-order valence-electron chi connectivity index (χ3n) is 2.68. The zero-order valence-electron chi connectivity index (χ0n) is 9.64. The van der Waals surface area contributed by atoms with Gasteiger partial charge in [0.15, 0.2) is 0 Å². The van der Waals surface area contributed by atoms with Crippen molar-refractivity contribution in [2.75, 3.05) is 5.75 Å². The number of hydrogen-bond donors (Lipinski definition) is 2. The molecule has 0 aromatic rings. The van der Waals surface area contributed by atoms with E-state index >= 15 is 0 Å². The molecule has 0 unspecified atom stereocenters. The highest BCUT2D eigenvalue weighted by molar-refractivity contribution is 7.89. The smallest absolute Gasteiger partial charge is 0.306 e. The molecule has 0 amide bonds. The molecule has 0 aromatic carbocycles. The molecule has 1 fully saturated rings. The number of carboxylic acid groups (broad SMARTS) is 1. The predicted molar refractivity (Wildman–Crippen MR) is 60.5 cm³/mol. The van der Waals surface area contributed by atoms with Gasteiger partial charge in [0.1, 0.15) is 0 Å². The third-order valence-corrected chi connectivity index (χ3v) is 4.48. The third kappa shape index (κ3) is 4.09. The van der Waals surface area contributed by atoms with Crippen LogP contribution in [0.15, 0.2) is 0 Å². The van der Waals surface area contributed by atoms with Crippen LogP contribution in [0, 0.1) is 11.8 Å². The van der Waals surface area contributed by atoms with Gasteiger partial charge >= 0.3 is 5.97 Å². The lowest BCUT2D eigenvalue weighted by Crippen LogP contribution is -2.36. The van der Waals surface area contributed by atoms with Gasteiger partial charge in [0.2, 0.25) is 10.0 Å². The summed E-state index contributed by atoms with van der Waals surface area (Å²) < 4.78 is 25.8. The molecule has 2 N–H and O–H groups in total. The second-order valence-electron chi connectivity index (χ2n) is 4.84.